The third-order valence-corrected chi connectivity index (χ3v) is 3.87. The molecule has 0 radical (unpaired) electrons. The Kier molecular flexibility index (Phi) is 4.70. The lowest BCUT2D eigenvalue weighted by molar-refractivity contribution is 0.349. The zero-order chi connectivity index (χ0) is 13.8. The third-order valence-electron chi connectivity index (χ3n) is 3.87. The number of benzene rings is 1. The van der Waals surface area contributed by atoms with Crippen LogP contribution in [0.1, 0.15) is 43.7 Å². The number of methoxy groups -OCH3 is 2. The van der Waals surface area contributed by atoms with E-state index in [0.29, 0.717) is 12.0 Å². The highest BCUT2D eigenvalue weighted by molar-refractivity contribution is 5.50. The van der Waals surface area contributed by atoms with E-state index in [1.165, 1.54) is 24.0 Å². The van der Waals surface area contributed by atoms with Crippen LogP contribution in [-0.2, 0) is 6.42 Å². The van der Waals surface area contributed by atoms with E-state index in [9.17, 15) is 0 Å². The minimum absolute atomic E-state index is 0.495. The summed E-state index contributed by atoms with van der Waals surface area (Å²) in [6.07, 6.45) is 3.53. The van der Waals surface area contributed by atoms with Gasteiger partial charge in [0, 0.05) is 6.04 Å². The number of hydrogen-bond acceptors (Lipinski definition) is 3. The Morgan fingerprint density at radius 1 is 1.26 bits per heavy atom. The second-order valence-corrected chi connectivity index (χ2v) is 5.57. The molecule has 3 heteroatoms. The molecule has 3 nitrogen and oxygen atoms in total. The molecule has 1 heterocycles. The first-order valence-corrected chi connectivity index (χ1v) is 7.14. The molecule has 1 aromatic rings. The van der Waals surface area contributed by atoms with Gasteiger partial charge in [0.1, 0.15) is 0 Å². The number of ether oxygens (including phenoxy) is 2. The van der Waals surface area contributed by atoms with Gasteiger partial charge < -0.3 is 14.8 Å². The summed E-state index contributed by atoms with van der Waals surface area (Å²) < 4.78 is 11.0. The monoisotopic (exact) mass is 263 g/mol. The van der Waals surface area contributed by atoms with Gasteiger partial charge in [-0.25, -0.2) is 0 Å². The van der Waals surface area contributed by atoms with E-state index in [1.54, 1.807) is 14.2 Å². The van der Waals surface area contributed by atoms with Gasteiger partial charge in [-0.3, -0.25) is 0 Å². The molecular formula is C16H25NO2. The van der Waals surface area contributed by atoms with Crippen LogP contribution in [-0.4, -0.2) is 26.8 Å². The normalized spacial score (nSPS) is 18.9. The Morgan fingerprint density at radius 3 is 2.58 bits per heavy atom. The van der Waals surface area contributed by atoms with Crippen molar-refractivity contribution in [2.24, 2.45) is 0 Å². The van der Waals surface area contributed by atoms with Crippen molar-refractivity contribution in [1.82, 2.24) is 5.32 Å². The zero-order valence-electron chi connectivity index (χ0n) is 12.5. The van der Waals surface area contributed by atoms with E-state index in [0.717, 1.165) is 24.5 Å². The number of hydrogen-bond donors (Lipinski definition) is 1. The summed E-state index contributed by atoms with van der Waals surface area (Å²) in [6, 6.07) is 4.93. The minimum atomic E-state index is 0.495. The molecule has 0 saturated carbocycles. The first-order valence-electron chi connectivity index (χ1n) is 7.14. The molecule has 1 unspecified atom stereocenters. The van der Waals surface area contributed by atoms with Crippen LogP contribution in [0.4, 0.5) is 0 Å². The maximum Gasteiger partial charge on any atom is 0.163 e. The highest BCUT2D eigenvalue weighted by atomic mass is 16.5. The maximum atomic E-state index is 5.56. The summed E-state index contributed by atoms with van der Waals surface area (Å²) in [5.74, 6) is 2.23. The smallest absolute Gasteiger partial charge is 0.163 e. The molecule has 0 aliphatic carbocycles. The van der Waals surface area contributed by atoms with Gasteiger partial charge >= 0.3 is 0 Å². The van der Waals surface area contributed by atoms with E-state index < -0.39 is 0 Å². The molecule has 1 aliphatic heterocycles. The van der Waals surface area contributed by atoms with Crippen LogP contribution >= 0.6 is 0 Å². The lowest BCUT2D eigenvalue weighted by Crippen LogP contribution is -2.24. The molecule has 1 saturated heterocycles. The zero-order valence-corrected chi connectivity index (χ0v) is 12.5. The Balaban J connectivity index is 2.34. The summed E-state index contributed by atoms with van der Waals surface area (Å²) in [4.78, 5) is 0. The van der Waals surface area contributed by atoms with Crippen LogP contribution in [0, 0.1) is 0 Å². The fourth-order valence-corrected chi connectivity index (χ4v) is 2.75. The standard InChI is InChI=1S/C16H25NO2/c1-11(2)12-8-13(9-14-6-5-7-17-14)16(19-4)15(10-12)18-3/h8,10-11,14,17H,5-7,9H2,1-4H3. The second-order valence-electron chi connectivity index (χ2n) is 5.57. The fraction of sp³-hybridized carbons (Fsp3) is 0.625. The molecule has 19 heavy (non-hydrogen) atoms. The molecule has 0 amide bonds. The summed E-state index contributed by atoms with van der Waals surface area (Å²) in [5.41, 5.74) is 2.57. The first-order chi connectivity index (χ1) is 9.15. The molecular weight excluding hydrogens is 238 g/mol. The highest BCUT2D eigenvalue weighted by Crippen LogP contribution is 2.36. The molecule has 0 spiro atoms. The lowest BCUT2D eigenvalue weighted by atomic mass is 9.96. The van der Waals surface area contributed by atoms with Crippen LogP contribution in [0.15, 0.2) is 12.1 Å². The Labute approximate surface area is 116 Å². The van der Waals surface area contributed by atoms with E-state index in [4.69, 9.17) is 9.47 Å². The average Bonchev–Trinajstić information content (AvgIpc) is 2.90. The predicted octanol–water partition coefficient (Wildman–Crippen LogP) is 3.12. The second kappa shape index (κ2) is 6.29. The molecule has 1 atom stereocenters. The summed E-state index contributed by atoms with van der Waals surface area (Å²) in [5, 5.41) is 3.55. The van der Waals surface area contributed by atoms with E-state index in [-0.39, 0.29) is 0 Å². The number of rotatable bonds is 5. The van der Waals surface area contributed by atoms with Crippen molar-refractivity contribution < 1.29 is 9.47 Å². The SMILES string of the molecule is COc1cc(C(C)C)cc(CC2CCCN2)c1OC. The van der Waals surface area contributed by atoms with Gasteiger partial charge in [-0.05, 0) is 48.9 Å². The molecule has 0 aromatic heterocycles. The van der Waals surface area contributed by atoms with E-state index in [2.05, 4.69) is 31.3 Å². The lowest BCUT2D eigenvalue weighted by Gasteiger charge is -2.19. The predicted molar refractivity (Wildman–Crippen MR) is 78.4 cm³/mol. The van der Waals surface area contributed by atoms with Gasteiger partial charge in [-0.2, -0.15) is 0 Å². The van der Waals surface area contributed by atoms with Crippen LogP contribution in [0.3, 0.4) is 0 Å². The molecule has 1 N–H and O–H groups in total. The van der Waals surface area contributed by atoms with Crippen molar-refractivity contribution in [2.75, 3.05) is 20.8 Å². The van der Waals surface area contributed by atoms with Gasteiger partial charge in [-0.15, -0.1) is 0 Å². The van der Waals surface area contributed by atoms with Crippen molar-refractivity contribution >= 4 is 0 Å². The maximum absolute atomic E-state index is 5.56. The molecule has 0 bridgehead atoms. The molecule has 2 rings (SSSR count). The first kappa shape index (κ1) is 14.2. The van der Waals surface area contributed by atoms with E-state index >= 15 is 0 Å². The van der Waals surface area contributed by atoms with Gasteiger partial charge in [-0.1, -0.05) is 19.9 Å². The summed E-state index contributed by atoms with van der Waals surface area (Å²) >= 11 is 0. The Bertz CT molecular complexity index is 423. The molecule has 1 aromatic carbocycles. The third kappa shape index (κ3) is 3.21. The van der Waals surface area contributed by atoms with Gasteiger partial charge in [0.2, 0.25) is 0 Å². The van der Waals surface area contributed by atoms with E-state index in [1.807, 2.05) is 0 Å². The van der Waals surface area contributed by atoms with Crippen molar-refractivity contribution in [3.05, 3.63) is 23.3 Å². The van der Waals surface area contributed by atoms with Crippen molar-refractivity contribution in [3.63, 3.8) is 0 Å². The van der Waals surface area contributed by atoms with Crippen LogP contribution < -0.4 is 14.8 Å². The quantitative estimate of drug-likeness (QED) is 0.885. The van der Waals surface area contributed by atoms with Gasteiger partial charge in [0.15, 0.2) is 11.5 Å². The van der Waals surface area contributed by atoms with Gasteiger partial charge in [0.05, 0.1) is 14.2 Å². The molecule has 1 aliphatic rings. The van der Waals surface area contributed by atoms with Crippen LogP contribution in [0.25, 0.3) is 0 Å². The molecule has 1 fully saturated rings. The fourth-order valence-electron chi connectivity index (χ4n) is 2.75. The van der Waals surface area contributed by atoms with Crippen LogP contribution in [0.2, 0.25) is 0 Å². The highest BCUT2D eigenvalue weighted by Gasteiger charge is 2.20. The number of nitrogens with one attached hydrogen (secondary N) is 1. The summed E-state index contributed by atoms with van der Waals surface area (Å²) in [7, 11) is 3.43. The summed E-state index contributed by atoms with van der Waals surface area (Å²) in [6.45, 7) is 5.55. The van der Waals surface area contributed by atoms with Crippen molar-refractivity contribution in [1.29, 1.82) is 0 Å². The van der Waals surface area contributed by atoms with Crippen molar-refractivity contribution in [3.8, 4) is 11.5 Å². The topological polar surface area (TPSA) is 30.5 Å². The Hall–Kier alpha value is -1.22. The van der Waals surface area contributed by atoms with Crippen LogP contribution in [0.5, 0.6) is 11.5 Å². The minimum Gasteiger partial charge on any atom is -0.493 e. The average molecular weight is 263 g/mol. The van der Waals surface area contributed by atoms with Gasteiger partial charge in [0.25, 0.3) is 0 Å². The largest absolute Gasteiger partial charge is 0.493 e. The molecule has 106 valence electrons. The Morgan fingerprint density at radius 2 is 2.05 bits per heavy atom. The van der Waals surface area contributed by atoms with Crippen molar-refractivity contribution in [2.45, 2.75) is 45.1 Å².